The molecule has 1 amide bonds. The third-order valence-corrected chi connectivity index (χ3v) is 4.45. The predicted molar refractivity (Wildman–Crippen MR) is 98.2 cm³/mol. The lowest BCUT2D eigenvalue weighted by Crippen LogP contribution is -2.18. The Kier molecular flexibility index (Phi) is 6.43. The Morgan fingerprint density at radius 2 is 2.17 bits per heavy atom. The van der Waals surface area contributed by atoms with Gasteiger partial charge in [0.2, 0.25) is 5.00 Å². The highest BCUT2D eigenvalue weighted by atomic mass is 32.1. The Labute approximate surface area is 145 Å². The molecule has 0 aliphatic rings. The van der Waals surface area contributed by atoms with Gasteiger partial charge < -0.3 is 5.32 Å². The molecule has 24 heavy (non-hydrogen) atoms. The third-order valence-electron chi connectivity index (χ3n) is 3.63. The van der Waals surface area contributed by atoms with Crippen LogP contribution in [0, 0.1) is 4.91 Å². The lowest BCUT2D eigenvalue weighted by Gasteiger charge is -2.13. The normalized spacial score (nSPS) is 10.7. The minimum absolute atomic E-state index is 0.200. The fraction of sp³-hybridized carbons (Fsp3) is 0.412. The average molecular weight is 347 g/mol. The Balaban J connectivity index is 2.17. The van der Waals surface area contributed by atoms with E-state index in [0.29, 0.717) is 15.7 Å². The van der Waals surface area contributed by atoms with E-state index < -0.39 is 0 Å². The summed E-state index contributed by atoms with van der Waals surface area (Å²) in [4.78, 5) is 25.9. The number of aromatic nitrogens is 1. The summed E-state index contributed by atoms with van der Waals surface area (Å²) < 4.78 is 0. The van der Waals surface area contributed by atoms with Crippen LogP contribution in [-0.2, 0) is 0 Å². The standard InChI is InChI=1S/C17H22N4O2S/c1-4-5-8-18-12-6-7-13(14(9-12)11(2)3)16(22)20-17-19-10-15(21-23)24-17/h6-7,9-11,18H,4-5,8H2,1-3H3,(H,19,20,22)/p+1. The van der Waals surface area contributed by atoms with E-state index in [9.17, 15) is 9.70 Å². The van der Waals surface area contributed by atoms with Gasteiger partial charge in [-0.05, 0) is 52.6 Å². The van der Waals surface area contributed by atoms with Crippen molar-refractivity contribution in [3.8, 4) is 0 Å². The molecule has 0 radical (unpaired) electrons. The molecule has 2 aromatic rings. The maximum absolute atomic E-state index is 12.6. The van der Waals surface area contributed by atoms with E-state index in [0.717, 1.165) is 42.0 Å². The molecule has 128 valence electrons. The summed E-state index contributed by atoms with van der Waals surface area (Å²) in [5.74, 6) is 0.0209. The minimum atomic E-state index is -0.200. The first-order chi connectivity index (χ1) is 11.5. The largest absolute Gasteiger partial charge is 0.385 e. The number of H-pyrrole nitrogens is 1. The van der Waals surface area contributed by atoms with Crippen LogP contribution in [0.5, 0.6) is 0 Å². The van der Waals surface area contributed by atoms with Crippen LogP contribution in [0.1, 0.15) is 55.5 Å². The first-order valence-electron chi connectivity index (χ1n) is 8.09. The number of aromatic amines is 1. The molecule has 1 aromatic heterocycles. The van der Waals surface area contributed by atoms with Gasteiger partial charge in [0.15, 0.2) is 0 Å². The molecule has 0 fully saturated rings. The molecule has 6 nitrogen and oxygen atoms in total. The van der Waals surface area contributed by atoms with E-state index >= 15 is 0 Å². The Bertz CT molecular complexity index is 712. The fourth-order valence-electron chi connectivity index (χ4n) is 2.33. The van der Waals surface area contributed by atoms with Crippen LogP contribution in [0.2, 0.25) is 0 Å². The summed E-state index contributed by atoms with van der Waals surface area (Å²) in [6, 6.07) is 5.80. The maximum atomic E-state index is 12.6. The number of hydrogen-bond donors (Lipinski definition) is 2. The molecule has 0 aliphatic heterocycles. The van der Waals surface area contributed by atoms with Crippen LogP contribution >= 0.6 is 11.3 Å². The highest BCUT2D eigenvalue weighted by Gasteiger charge is 2.20. The monoisotopic (exact) mass is 347 g/mol. The molecule has 0 saturated heterocycles. The van der Waals surface area contributed by atoms with Crippen LogP contribution in [0.15, 0.2) is 29.6 Å². The van der Waals surface area contributed by atoms with Gasteiger partial charge in [-0.15, -0.1) is 4.91 Å². The zero-order valence-electron chi connectivity index (χ0n) is 14.2. The topological polar surface area (TPSA) is 84.7 Å². The van der Waals surface area contributed by atoms with Crippen molar-refractivity contribution in [3.05, 3.63) is 40.4 Å². The summed E-state index contributed by atoms with van der Waals surface area (Å²) in [6.07, 6.45) is 3.72. The number of anilines is 2. The third kappa shape index (κ3) is 4.61. The lowest BCUT2D eigenvalue weighted by molar-refractivity contribution is -0.353. The van der Waals surface area contributed by atoms with Gasteiger partial charge in [-0.3, -0.25) is 0 Å². The molecular weight excluding hydrogens is 324 g/mol. The quantitative estimate of drug-likeness (QED) is 0.543. The number of carbonyl (C=O) groups is 1. The molecule has 0 unspecified atom stereocenters. The van der Waals surface area contributed by atoms with Crippen LogP contribution < -0.4 is 15.6 Å². The number of hydrogen-bond acceptors (Lipinski definition) is 5. The molecule has 0 saturated carbocycles. The molecule has 2 rings (SSSR count). The summed E-state index contributed by atoms with van der Waals surface area (Å²) in [7, 11) is 0. The first kappa shape index (κ1) is 18.1. The second-order valence-corrected chi connectivity index (χ2v) is 6.87. The van der Waals surface area contributed by atoms with E-state index in [4.69, 9.17) is 0 Å². The summed E-state index contributed by atoms with van der Waals surface area (Å²) in [5.41, 5.74) is 2.64. The number of nitrogens with one attached hydrogen (secondary N) is 3. The van der Waals surface area contributed by atoms with Gasteiger partial charge in [0.1, 0.15) is 6.20 Å². The molecule has 7 heteroatoms. The van der Waals surface area contributed by atoms with Gasteiger partial charge in [-0.2, -0.15) is 5.32 Å². The van der Waals surface area contributed by atoms with Gasteiger partial charge in [-0.25, -0.2) is 9.78 Å². The second kappa shape index (κ2) is 8.54. The number of thiazole rings is 1. The van der Waals surface area contributed by atoms with Crippen molar-refractivity contribution in [1.29, 1.82) is 0 Å². The van der Waals surface area contributed by atoms with Crippen molar-refractivity contribution >= 4 is 33.1 Å². The van der Waals surface area contributed by atoms with E-state index in [1.165, 1.54) is 6.20 Å². The predicted octanol–water partition coefficient (Wildman–Crippen LogP) is 4.55. The summed E-state index contributed by atoms with van der Waals surface area (Å²) in [6.45, 7) is 7.20. The maximum Gasteiger partial charge on any atom is 0.341 e. The van der Waals surface area contributed by atoms with Crippen LogP contribution in [-0.4, -0.2) is 12.5 Å². The fourth-order valence-corrected chi connectivity index (χ4v) is 2.96. The van der Waals surface area contributed by atoms with Crippen molar-refractivity contribution in [2.75, 3.05) is 17.2 Å². The van der Waals surface area contributed by atoms with E-state index in [2.05, 4.69) is 41.6 Å². The van der Waals surface area contributed by atoms with Crippen molar-refractivity contribution in [2.24, 2.45) is 5.18 Å². The Morgan fingerprint density at radius 1 is 1.38 bits per heavy atom. The number of nitrogens with zero attached hydrogens (tertiary/aromatic N) is 1. The number of carbonyl (C=O) groups excluding carboxylic acids is 1. The van der Waals surface area contributed by atoms with Crippen molar-refractivity contribution < 1.29 is 9.78 Å². The summed E-state index contributed by atoms with van der Waals surface area (Å²) in [5, 5.41) is 9.80. The molecule has 0 spiro atoms. The van der Waals surface area contributed by atoms with Crippen LogP contribution in [0.25, 0.3) is 0 Å². The highest BCUT2D eigenvalue weighted by Crippen LogP contribution is 2.26. The van der Waals surface area contributed by atoms with Gasteiger partial charge in [0.05, 0.1) is 5.56 Å². The molecule has 1 heterocycles. The summed E-state index contributed by atoms with van der Waals surface area (Å²) >= 11 is 1.11. The smallest absolute Gasteiger partial charge is 0.341 e. The van der Waals surface area contributed by atoms with Crippen LogP contribution in [0.4, 0.5) is 15.8 Å². The lowest BCUT2D eigenvalue weighted by atomic mass is 9.96. The van der Waals surface area contributed by atoms with Gasteiger partial charge in [0, 0.05) is 12.2 Å². The average Bonchev–Trinajstić information content (AvgIpc) is 3.02. The van der Waals surface area contributed by atoms with Crippen molar-refractivity contribution in [1.82, 2.24) is 0 Å². The zero-order valence-corrected chi connectivity index (χ0v) is 15.0. The molecular formula is C17H23N4O2S+. The highest BCUT2D eigenvalue weighted by molar-refractivity contribution is 7.18. The zero-order chi connectivity index (χ0) is 17.5. The molecule has 0 atom stereocenters. The molecule has 0 aliphatic carbocycles. The van der Waals surface area contributed by atoms with Crippen molar-refractivity contribution in [3.63, 3.8) is 0 Å². The molecule has 1 aromatic carbocycles. The van der Waals surface area contributed by atoms with Gasteiger partial charge in [0.25, 0.3) is 0 Å². The first-order valence-corrected chi connectivity index (χ1v) is 8.90. The number of rotatable bonds is 8. The number of nitroso groups, excluding NO2 is 1. The number of amides is 1. The molecule has 3 N–H and O–H groups in total. The Morgan fingerprint density at radius 3 is 2.79 bits per heavy atom. The SMILES string of the molecule is CCCCNc1ccc(C(=O)Nc2[nH+]cc(N=O)s2)c(C(C)C)c1. The van der Waals surface area contributed by atoms with Crippen molar-refractivity contribution in [2.45, 2.75) is 39.5 Å². The van der Waals surface area contributed by atoms with Gasteiger partial charge in [-0.1, -0.05) is 27.2 Å². The number of unbranched alkanes of at least 4 members (excludes halogenated alkanes) is 1. The Hall–Kier alpha value is -2.28. The minimum Gasteiger partial charge on any atom is -0.385 e. The van der Waals surface area contributed by atoms with E-state index in [1.807, 2.05) is 18.2 Å². The second-order valence-electron chi connectivity index (χ2n) is 5.84. The van der Waals surface area contributed by atoms with E-state index in [1.54, 1.807) is 0 Å². The van der Waals surface area contributed by atoms with Crippen LogP contribution in [0.3, 0.4) is 0 Å². The number of benzene rings is 1. The van der Waals surface area contributed by atoms with Gasteiger partial charge >= 0.3 is 11.0 Å². The van der Waals surface area contributed by atoms with E-state index in [-0.39, 0.29) is 11.8 Å². The molecule has 0 bridgehead atoms.